The van der Waals surface area contributed by atoms with E-state index in [1.165, 1.54) is 11.1 Å². The van der Waals surface area contributed by atoms with Crippen molar-refractivity contribution < 1.29 is 9.28 Å². The molecule has 0 radical (unpaired) electrons. The Hall–Kier alpha value is -2.39. The number of quaternary nitrogens is 1. The number of nitrogens with zero attached hydrogens (tertiary/aromatic N) is 1. The Kier molecular flexibility index (Phi) is 7.61. The Morgan fingerprint density at radius 3 is 1.88 bits per heavy atom. The van der Waals surface area contributed by atoms with E-state index in [1.807, 2.05) is 0 Å². The fourth-order valence-corrected chi connectivity index (χ4v) is 3.30. The fourth-order valence-electron chi connectivity index (χ4n) is 3.30. The van der Waals surface area contributed by atoms with Gasteiger partial charge in [0.25, 0.3) is 0 Å². The molecule has 1 amide bonds. The molecule has 0 saturated carbocycles. The number of hydrogen-bond acceptors (Lipinski definition) is 1. The zero-order chi connectivity index (χ0) is 18.8. The number of benzene rings is 2. The normalized spacial score (nSPS) is 11.2. The summed E-state index contributed by atoms with van der Waals surface area (Å²) in [6.07, 6.45) is 0.951. The van der Waals surface area contributed by atoms with Crippen LogP contribution in [0.1, 0.15) is 31.4 Å². The maximum absolute atomic E-state index is 11.7. The van der Waals surface area contributed by atoms with E-state index in [9.17, 15) is 4.79 Å². The van der Waals surface area contributed by atoms with Crippen molar-refractivity contribution in [1.82, 2.24) is 5.32 Å². The van der Waals surface area contributed by atoms with E-state index in [-0.39, 0.29) is 5.91 Å². The third-order valence-corrected chi connectivity index (χ3v) is 4.87. The molecule has 3 heteroatoms. The molecular formula is C23H31N2O+. The average Bonchev–Trinajstić information content (AvgIpc) is 2.66. The van der Waals surface area contributed by atoms with Crippen LogP contribution < -0.4 is 5.32 Å². The van der Waals surface area contributed by atoms with Gasteiger partial charge in [-0.3, -0.25) is 4.79 Å². The van der Waals surface area contributed by atoms with Crippen LogP contribution >= 0.6 is 0 Å². The van der Waals surface area contributed by atoms with Gasteiger partial charge < -0.3 is 9.80 Å². The Morgan fingerprint density at radius 1 is 0.962 bits per heavy atom. The van der Waals surface area contributed by atoms with Crippen molar-refractivity contribution in [1.29, 1.82) is 0 Å². The molecule has 0 aromatic heterocycles. The molecule has 0 aliphatic rings. The van der Waals surface area contributed by atoms with Gasteiger partial charge in [0.1, 0.15) is 13.1 Å². The summed E-state index contributed by atoms with van der Waals surface area (Å²) >= 11 is 0. The van der Waals surface area contributed by atoms with Gasteiger partial charge in [-0.15, -0.1) is 0 Å². The van der Waals surface area contributed by atoms with Crippen LogP contribution in [0.4, 0.5) is 0 Å². The van der Waals surface area contributed by atoms with Gasteiger partial charge in [0.2, 0.25) is 5.91 Å². The first-order chi connectivity index (χ1) is 12.5. The van der Waals surface area contributed by atoms with Gasteiger partial charge in [0, 0.05) is 29.7 Å². The summed E-state index contributed by atoms with van der Waals surface area (Å²) in [7, 11) is 0. The van der Waals surface area contributed by atoms with E-state index < -0.39 is 0 Å². The van der Waals surface area contributed by atoms with Gasteiger partial charge in [0.15, 0.2) is 0 Å². The highest BCUT2D eigenvalue weighted by Gasteiger charge is 2.26. The fraction of sp³-hybridized carbons (Fsp3) is 0.348. The second kappa shape index (κ2) is 9.93. The number of nitrogens with one attached hydrogen (secondary N) is 1. The molecule has 0 bridgehead atoms. The van der Waals surface area contributed by atoms with Gasteiger partial charge in [-0.25, -0.2) is 0 Å². The molecule has 2 aromatic carbocycles. The van der Waals surface area contributed by atoms with E-state index in [1.54, 1.807) is 6.92 Å². The second-order valence-corrected chi connectivity index (χ2v) is 7.06. The molecule has 1 N–H and O–H groups in total. The van der Waals surface area contributed by atoms with Gasteiger partial charge in [-0.05, 0) is 13.8 Å². The number of amides is 1. The maximum Gasteiger partial charge on any atom is 0.246 e. The largest absolute Gasteiger partial charge is 0.352 e. The minimum absolute atomic E-state index is 0.0503. The van der Waals surface area contributed by atoms with E-state index >= 15 is 0 Å². The van der Waals surface area contributed by atoms with Crippen LogP contribution in [0.2, 0.25) is 0 Å². The smallest absolute Gasteiger partial charge is 0.246 e. The molecule has 0 aliphatic carbocycles. The van der Waals surface area contributed by atoms with Gasteiger partial charge in [-0.2, -0.15) is 0 Å². The minimum atomic E-state index is -0.0503. The van der Waals surface area contributed by atoms with Crippen LogP contribution in [0, 0.1) is 0 Å². The lowest BCUT2D eigenvalue weighted by Gasteiger charge is -2.38. The van der Waals surface area contributed by atoms with Gasteiger partial charge in [0.05, 0.1) is 13.1 Å². The van der Waals surface area contributed by atoms with Gasteiger partial charge >= 0.3 is 0 Å². The molecule has 0 spiro atoms. The van der Waals surface area contributed by atoms with Crippen LogP contribution in [0.5, 0.6) is 0 Å². The molecule has 138 valence electrons. The third-order valence-electron chi connectivity index (χ3n) is 4.87. The average molecular weight is 352 g/mol. The molecule has 0 fully saturated rings. The van der Waals surface area contributed by atoms with Crippen LogP contribution in [0.3, 0.4) is 0 Å². The third kappa shape index (κ3) is 6.16. The van der Waals surface area contributed by atoms with Crippen molar-refractivity contribution in [3.8, 4) is 0 Å². The molecule has 0 aliphatic heterocycles. The van der Waals surface area contributed by atoms with E-state index in [0.717, 1.165) is 37.1 Å². The topological polar surface area (TPSA) is 29.1 Å². The monoisotopic (exact) mass is 351 g/mol. The Bertz CT molecular complexity index is 653. The van der Waals surface area contributed by atoms with Crippen molar-refractivity contribution >= 4 is 5.91 Å². The SMILES string of the molecule is C=C(C)C(=O)NCCC[N+](CC)(Cc1ccccc1)Cc1ccccc1. The predicted octanol–water partition coefficient (Wildman–Crippen LogP) is 4.31. The zero-order valence-corrected chi connectivity index (χ0v) is 16.1. The Balaban J connectivity index is 2.08. The predicted molar refractivity (Wildman–Crippen MR) is 108 cm³/mol. The molecule has 2 rings (SSSR count). The standard InChI is InChI=1S/C23H30N2O/c1-4-25(18-21-12-7-5-8-13-21,19-22-14-9-6-10-15-22)17-11-16-24-23(26)20(2)3/h5-10,12-15H,2,4,11,16-19H2,1,3H3/p+1. The van der Waals surface area contributed by atoms with Crippen LogP contribution in [0.25, 0.3) is 0 Å². The van der Waals surface area contributed by atoms with Crippen molar-refractivity contribution in [2.24, 2.45) is 0 Å². The van der Waals surface area contributed by atoms with Crippen LogP contribution in [0.15, 0.2) is 72.8 Å². The quantitative estimate of drug-likeness (QED) is 0.386. The van der Waals surface area contributed by atoms with Crippen molar-refractivity contribution in [2.45, 2.75) is 33.4 Å². The molecule has 3 nitrogen and oxygen atoms in total. The van der Waals surface area contributed by atoms with Crippen LogP contribution in [-0.2, 0) is 17.9 Å². The molecule has 0 unspecified atom stereocenters. The van der Waals surface area contributed by atoms with Crippen LogP contribution in [-0.4, -0.2) is 30.0 Å². The molecule has 2 aromatic rings. The molecule has 0 atom stereocenters. The lowest BCUT2D eigenvalue weighted by Crippen LogP contribution is -2.47. The summed E-state index contributed by atoms with van der Waals surface area (Å²) in [6.45, 7) is 12.5. The minimum Gasteiger partial charge on any atom is -0.352 e. The highest BCUT2D eigenvalue weighted by atomic mass is 16.1. The van der Waals surface area contributed by atoms with Gasteiger partial charge in [-0.1, -0.05) is 67.2 Å². The number of rotatable bonds is 10. The molecular weight excluding hydrogens is 320 g/mol. The highest BCUT2D eigenvalue weighted by molar-refractivity contribution is 5.91. The first-order valence-corrected chi connectivity index (χ1v) is 9.41. The summed E-state index contributed by atoms with van der Waals surface area (Å²) < 4.78 is 0.983. The van der Waals surface area contributed by atoms with E-state index in [0.29, 0.717) is 12.1 Å². The zero-order valence-electron chi connectivity index (χ0n) is 16.1. The maximum atomic E-state index is 11.7. The van der Waals surface area contributed by atoms with Crippen molar-refractivity contribution in [3.63, 3.8) is 0 Å². The number of hydrogen-bond donors (Lipinski definition) is 1. The summed E-state index contributed by atoms with van der Waals surface area (Å²) in [5, 5.41) is 2.96. The van der Waals surface area contributed by atoms with E-state index in [2.05, 4.69) is 79.5 Å². The molecule has 0 saturated heterocycles. The number of carbonyl (C=O) groups excluding carboxylic acids is 1. The first kappa shape index (κ1) is 19.9. The lowest BCUT2D eigenvalue weighted by molar-refractivity contribution is -0.952. The molecule has 0 heterocycles. The first-order valence-electron chi connectivity index (χ1n) is 9.41. The number of carbonyl (C=O) groups is 1. The van der Waals surface area contributed by atoms with Crippen molar-refractivity contribution in [3.05, 3.63) is 83.9 Å². The van der Waals surface area contributed by atoms with E-state index in [4.69, 9.17) is 0 Å². The lowest BCUT2D eigenvalue weighted by atomic mass is 10.1. The van der Waals surface area contributed by atoms with Crippen molar-refractivity contribution in [2.75, 3.05) is 19.6 Å². The Morgan fingerprint density at radius 2 is 1.46 bits per heavy atom. The second-order valence-electron chi connectivity index (χ2n) is 7.06. The summed E-state index contributed by atoms with van der Waals surface area (Å²) in [5.41, 5.74) is 3.28. The molecule has 26 heavy (non-hydrogen) atoms. The highest BCUT2D eigenvalue weighted by Crippen LogP contribution is 2.20. The Labute approximate surface area is 157 Å². The summed E-state index contributed by atoms with van der Waals surface area (Å²) in [5.74, 6) is -0.0503. The summed E-state index contributed by atoms with van der Waals surface area (Å²) in [6, 6.07) is 21.4. The summed E-state index contributed by atoms with van der Waals surface area (Å²) in [4.78, 5) is 11.7.